The molecule has 4 rings (SSSR count). The number of nitrogens with one attached hydrogen (secondary N) is 2. The molecule has 0 saturated carbocycles. The first-order chi connectivity index (χ1) is 12.5. The normalized spacial score (nSPS) is 24.0. The van der Waals surface area contributed by atoms with Crippen LogP contribution in [0.25, 0.3) is 0 Å². The monoisotopic (exact) mass is 355 g/mol. The summed E-state index contributed by atoms with van der Waals surface area (Å²) < 4.78 is 7.66. The minimum Gasteiger partial charge on any atom is -0.482 e. The Kier molecular flexibility index (Phi) is 4.42. The smallest absolute Gasteiger partial charge is 0.262 e. The van der Waals surface area contributed by atoms with Gasteiger partial charge >= 0.3 is 0 Å². The summed E-state index contributed by atoms with van der Waals surface area (Å²) in [6.45, 7) is 4.26. The number of carbonyl (C=O) groups excluding carboxylic acids is 1. The van der Waals surface area contributed by atoms with E-state index < -0.39 is 0 Å². The van der Waals surface area contributed by atoms with Crippen LogP contribution in [0.15, 0.2) is 30.7 Å². The molecular weight excluding hydrogens is 330 g/mol. The maximum absolute atomic E-state index is 11.4. The highest BCUT2D eigenvalue weighted by Crippen LogP contribution is 2.32. The van der Waals surface area contributed by atoms with E-state index in [-0.39, 0.29) is 18.6 Å². The van der Waals surface area contributed by atoms with Crippen LogP contribution in [-0.4, -0.2) is 53.1 Å². The molecule has 138 valence electrons. The van der Waals surface area contributed by atoms with Crippen LogP contribution in [0.4, 0.5) is 5.69 Å². The lowest BCUT2D eigenvalue weighted by atomic mass is 9.97. The minimum absolute atomic E-state index is 0.0776. The van der Waals surface area contributed by atoms with Gasteiger partial charge in [-0.25, -0.2) is 4.98 Å². The van der Waals surface area contributed by atoms with Gasteiger partial charge < -0.3 is 24.8 Å². The Hall–Kier alpha value is -2.38. The Bertz CT molecular complexity index is 818. The van der Waals surface area contributed by atoms with Crippen molar-refractivity contribution >= 4 is 11.6 Å². The van der Waals surface area contributed by atoms with E-state index in [0.29, 0.717) is 12.0 Å². The van der Waals surface area contributed by atoms with Crippen LogP contribution < -0.4 is 15.4 Å². The third-order valence-corrected chi connectivity index (χ3v) is 5.34. The lowest BCUT2D eigenvalue weighted by Crippen LogP contribution is -2.37. The maximum atomic E-state index is 11.4. The van der Waals surface area contributed by atoms with Gasteiger partial charge in [0.15, 0.2) is 6.61 Å². The standard InChI is InChI=1S/C19H25N5O2/c1-12(13-4-5-15-18(6-13)26-10-19(25)22-15)21-16-9-23(2)8-14(16)17-7-20-11-24(17)3/h4-7,11-12,14,16,21H,8-10H2,1-3H3,(H,22,25)/t12?,14-,16-/m1/s1. The van der Waals surface area contributed by atoms with E-state index in [9.17, 15) is 4.79 Å². The summed E-state index contributed by atoms with van der Waals surface area (Å²) >= 11 is 0. The van der Waals surface area contributed by atoms with E-state index in [1.807, 2.05) is 30.7 Å². The fourth-order valence-corrected chi connectivity index (χ4v) is 3.97. The molecule has 0 radical (unpaired) electrons. The van der Waals surface area contributed by atoms with Gasteiger partial charge in [0.05, 0.1) is 12.0 Å². The molecule has 0 aliphatic carbocycles. The quantitative estimate of drug-likeness (QED) is 0.870. The van der Waals surface area contributed by atoms with Gasteiger partial charge in [-0.15, -0.1) is 0 Å². The lowest BCUT2D eigenvalue weighted by molar-refractivity contribution is -0.118. The molecule has 7 nitrogen and oxygen atoms in total. The number of likely N-dealkylation sites (N-methyl/N-ethyl adjacent to an activating group) is 1. The predicted molar refractivity (Wildman–Crippen MR) is 99.4 cm³/mol. The van der Waals surface area contributed by atoms with Crippen LogP contribution in [0, 0.1) is 0 Å². The second-order valence-corrected chi connectivity index (χ2v) is 7.34. The van der Waals surface area contributed by atoms with Crippen LogP contribution in [0.5, 0.6) is 5.75 Å². The molecule has 3 heterocycles. The van der Waals surface area contributed by atoms with E-state index in [1.54, 1.807) is 0 Å². The fourth-order valence-electron chi connectivity index (χ4n) is 3.97. The van der Waals surface area contributed by atoms with Gasteiger partial charge in [0.25, 0.3) is 5.91 Å². The summed E-state index contributed by atoms with van der Waals surface area (Å²) in [4.78, 5) is 18.1. The SMILES string of the molecule is CC(N[C@@H]1CN(C)C[C@H]1c1cncn1C)c1ccc2c(c1)OCC(=O)N2. The number of rotatable bonds is 4. The first-order valence-electron chi connectivity index (χ1n) is 8.98. The number of anilines is 1. The van der Waals surface area contributed by atoms with Crippen LogP contribution >= 0.6 is 0 Å². The number of amides is 1. The molecule has 0 spiro atoms. The Balaban J connectivity index is 1.51. The summed E-state index contributed by atoms with van der Waals surface area (Å²) in [6.07, 6.45) is 3.84. The van der Waals surface area contributed by atoms with Crippen LogP contribution in [-0.2, 0) is 11.8 Å². The maximum Gasteiger partial charge on any atom is 0.262 e. The lowest BCUT2D eigenvalue weighted by Gasteiger charge is -2.26. The van der Waals surface area contributed by atoms with Gasteiger partial charge in [-0.3, -0.25) is 4.79 Å². The molecule has 2 aliphatic heterocycles. The highest BCUT2D eigenvalue weighted by molar-refractivity contribution is 5.95. The summed E-state index contributed by atoms with van der Waals surface area (Å²) in [5.74, 6) is 1.04. The third kappa shape index (κ3) is 3.20. The minimum atomic E-state index is -0.107. The first-order valence-corrected chi connectivity index (χ1v) is 8.98. The number of aryl methyl sites for hydroxylation is 1. The molecular formula is C19H25N5O2. The molecule has 1 aromatic carbocycles. The molecule has 26 heavy (non-hydrogen) atoms. The Morgan fingerprint density at radius 1 is 1.35 bits per heavy atom. The first kappa shape index (κ1) is 17.1. The number of likely N-dealkylation sites (tertiary alicyclic amines) is 1. The van der Waals surface area contributed by atoms with Crippen molar-refractivity contribution in [2.24, 2.45) is 7.05 Å². The second kappa shape index (κ2) is 6.74. The number of benzene rings is 1. The molecule has 2 aromatic rings. The summed E-state index contributed by atoms with van der Waals surface area (Å²) in [5, 5.41) is 6.62. The Morgan fingerprint density at radius 2 is 2.19 bits per heavy atom. The van der Waals surface area contributed by atoms with Gasteiger partial charge in [-0.1, -0.05) is 6.07 Å². The zero-order valence-corrected chi connectivity index (χ0v) is 15.4. The highest BCUT2D eigenvalue weighted by atomic mass is 16.5. The van der Waals surface area contributed by atoms with Crippen LogP contribution in [0.1, 0.15) is 30.1 Å². The van der Waals surface area contributed by atoms with Crippen LogP contribution in [0.2, 0.25) is 0 Å². The van der Waals surface area contributed by atoms with Crippen molar-refractivity contribution in [1.29, 1.82) is 0 Å². The number of nitrogens with zero attached hydrogens (tertiary/aromatic N) is 3. The zero-order valence-electron chi connectivity index (χ0n) is 15.4. The number of ether oxygens (including phenoxy) is 1. The van der Waals surface area contributed by atoms with Crippen LogP contribution in [0.3, 0.4) is 0 Å². The van der Waals surface area contributed by atoms with Gasteiger partial charge in [0.1, 0.15) is 5.75 Å². The van der Waals surface area contributed by atoms with Gasteiger partial charge in [0, 0.05) is 50.0 Å². The molecule has 0 bridgehead atoms. The zero-order chi connectivity index (χ0) is 18.3. The van der Waals surface area contributed by atoms with Crippen molar-refractivity contribution in [3.63, 3.8) is 0 Å². The average molecular weight is 355 g/mol. The fraction of sp³-hybridized carbons (Fsp3) is 0.474. The molecule has 3 atom stereocenters. The molecule has 2 aliphatic rings. The molecule has 2 N–H and O–H groups in total. The van der Waals surface area contributed by atoms with Gasteiger partial charge in [-0.05, 0) is 31.7 Å². The second-order valence-electron chi connectivity index (χ2n) is 7.34. The number of hydrogen-bond donors (Lipinski definition) is 2. The summed E-state index contributed by atoms with van der Waals surface area (Å²) in [6, 6.07) is 6.50. The van der Waals surface area contributed by atoms with Crippen molar-refractivity contribution in [1.82, 2.24) is 19.8 Å². The molecule has 7 heteroatoms. The van der Waals surface area contributed by atoms with Crippen molar-refractivity contribution in [3.05, 3.63) is 42.0 Å². The number of hydrogen-bond acceptors (Lipinski definition) is 5. The Labute approximate surface area is 153 Å². The number of aromatic nitrogens is 2. The number of imidazole rings is 1. The van der Waals surface area contributed by atoms with Crippen molar-refractivity contribution in [2.75, 3.05) is 32.1 Å². The van der Waals surface area contributed by atoms with Crippen molar-refractivity contribution in [3.8, 4) is 5.75 Å². The van der Waals surface area contributed by atoms with E-state index in [4.69, 9.17) is 4.74 Å². The van der Waals surface area contributed by atoms with E-state index in [1.165, 1.54) is 5.69 Å². The third-order valence-electron chi connectivity index (χ3n) is 5.34. The van der Waals surface area contributed by atoms with Crippen molar-refractivity contribution < 1.29 is 9.53 Å². The van der Waals surface area contributed by atoms with E-state index >= 15 is 0 Å². The molecule has 1 fully saturated rings. The van der Waals surface area contributed by atoms with Gasteiger partial charge in [-0.2, -0.15) is 0 Å². The average Bonchev–Trinajstić information content (AvgIpc) is 3.19. The summed E-state index contributed by atoms with van der Waals surface area (Å²) in [7, 11) is 4.21. The largest absolute Gasteiger partial charge is 0.482 e. The molecule has 1 saturated heterocycles. The van der Waals surface area contributed by atoms with E-state index in [0.717, 1.165) is 30.1 Å². The predicted octanol–water partition coefficient (Wildman–Crippen LogP) is 1.50. The highest BCUT2D eigenvalue weighted by Gasteiger charge is 2.34. The topological polar surface area (TPSA) is 71.4 Å². The molecule has 1 amide bonds. The van der Waals surface area contributed by atoms with Crippen molar-refractivity contribution in [2.45, 2.75) is 24.9 Å². The number of fused-ring (bicyclic) bond motifs is 1. The molecule has 1 aromatic heterocycles. The van der Waals surface area contributed by atoms with Gasteiger partial charge in [0.2, 0.25) is 0 Å². The van der Waals surface area contributed by atoms with E-state index in [2.05, 4.69) is 46.1 Å². The molecule has 1 unspecified atom stereocenters. The number of carbonyl (C=O) groups is 1. The summed E-state index contributed by atoms with van der Waals surface area (Å²) in [5.41, 5.74) is 3.15. The Morgan fingerprint density at radius 3 is 2.96 bits per heavy atom.